The molecule has 1 heterocycles. The second kappa shape index (κ2) is 5.76. The monoisotopic (exact) mass is 308 g/mol. The molecule has 4 nitrogen and oxygen atoms in total. The molecule has 0 bridgehead atoms. The summed E-state index contributed by atoms with van der Waals surface area (Å²) in [5, 5.41) is 0. The summed E-state index contributed by atoms with van der Waals surface area (Å²) in [7, 11) is 3.31. The van der Waals surface area contributed by atoms with Crippen molar-refractivity contribution >= 4 is 22.6 Å². The number of methoxy groups -OCH3 is 2. The van der Waals surface area contributed by atoms with Gasteiger partial charge in [-0.05, 0) is 25.7 Å². The molecule has 1 aromatic heterocycles. The predicted molar refractivity (Wildman–Crippen MR) is 84.7 cm³/mol. The zero-order valence-corrected chi connectivity index (χ0v) is 13.5. The molecular weight excluding hydrogens is 288 g/mol. The van der Waals surface area contributed by atoms with Crippen LogP contribution in [0.3, 0.4) is 0 Å². The van der Waals surface area contributed by atoms with E-state index in [1.165, 1.54) is 12.8 Å². The Morgan fingerprint density at radius 2 is 1.95 bits per heavy atom. The molecule has 0 radical (unpaired) electrons. The van der Waals surface area contributed by atoms with Crippen LogP contribution in [-0.2, 0) is 6.42 Å². The highest BCUT2D eigenvalue weighted by Crippen LogP contribution is 2.42. The van der Waals surface area contributed by atoms with E-state index in [9.17, 15) is 0 Å². The van der Waals surface area contributed by atoms with E-state index in [2.05, 4.69) is 11.5 Å². The van der Waals surface area contributed by atoms with Crippen LogP contribution >= 0.6 is 11.6 Å². The second-order valence-corrected chi connectivity index (χ2v) is 5.99. The minimum atomic E-state index is 0.450. The van der Waals surface area contributed by atoms with Crippen LogP contribution in [0.25, 0.3) is 11.0 Å². The largest absolute Gasteiger partial charge is 0.493 e. The van der Waals surface area contributed by atoms with Gasteiger partial charge in [0.15, 0.2) is 11.5 Å². The van der Waals surface area contributed by atoms with Gasteiger partial charge in [-0.1, -0.05) is 0 Å². The Morgan fingerprint density at radius 1 is 1.29 bits per heavy atom. The number of imidazole rings is 1. The van der Waals surface area contributed by atoms with Crippen LogP contribution in [0.2, 0.25) is 0 Å². The van der Waals surface area contributed by atoms with E-state index in [1.54, 1.807) is 14.2 Å². The Hall–Kier alpha value is -1.42. The molecule has 21 heavy (non-hydrogen) atoms. The topological polar surface area (TPSA) is 36.3 Å². The molecule has 1 unspecified atom stereocenters. The first-order chi connectivity index (χ1) is 10.2. The van der Waals surface area contributed by atoms with Crippen molar-refractivity contribution in [3.05, 3.63) is 18.0 Å². The zero-order chi connectivity index (χ0) is 15.0. The van der Waals surface area contributed by atoms with Gasteiger partial charge in [0.25, 0.3) is 0 Å². The average molecular weight is 309 g/mol. The van der Waals surface area contributed by atoms with Gasteiger partial charge in [0.1, 0.15) is 5.82 Å². The van der Waals surface area contributed by atoms with Crippen LogP contribution in [0.4, 0.5) is 0 Å². The molecule has 5 heteroatoms. The highest BCUT2D eigenvalue weighted by molar-refractivity contribution is 6.17. The van der Waals surface area contributed by atoms with E-state index in [0.717, 1.165) is 34.9 Å². The van der Waals surface area contributed by atoms with Gasteiger partial charge in [-0.15, -0.1) is 11.6 Å². The van der Waals surface area contributed by atoms with Gasteiger partial charge in [0, 0.05) is 30.5 Å². The van der Waals surface area contributed by atoms with Crippen LogP contribution < -0.4 is 9.47 Å². The van der Waals surface area contributed by atoms with E-state index in [1.807, 2.05) is 12.1 Å². The highest BCUT2D eigenvalue weighted by atomic mass is 35.5. The third-order valence-electron chi connectivity index (χ3n) is 4.30. The van der Waals surface area contributed by atoms with Crippen LogP contribution in [0.15, 0.2) is 12.1 Å². The predicted octanol–water partition coefficient (Wildman–Crippen LogP) is 3.81. The Morgan fingerprint density at radius 3 is 2.52 bits per heavy atom. The maximum atomic E-state index is 5.95. The van der Waals surface area contributed by atoms with E-state index >= 15 is 0 Å². The number of alkyl halides is 1. The van der Waals surface area contributed by atoms with E-state index in [-0.39, 0.29) is 0 Å². The molecule has 1 fully saturated rings. The molecule has 1 aliphatic rings. The Kier molecular flexibility index (Phi) is 3.98. The van der Waals surface area contributed by atoms with Crippen LogP contribution in [0, 0.1) is 5.92 Å². The summed E-state index contributed by atoms with van der Waals surface area (Å²) in [6.07, 6.45) is 3.38. The number of halogens is 1. The minimum Gasteiger partial charge on any atom is -0.493 e. The lowest BCUT2D eigenvalue weighted by Crippen LogP contribution is -2.11. The number of aryl methyl sites for hydroxylation is 1. The number of benzene rings is 1. The van der Waals surface area contributed by atoms with Crippen molar-refractivity contribution in [2.24, 2.45) is 5.92 Å². The lowest BCUT2D eigenvalue weighted by atomic mass is 10.2. The summed E-state index contributed by atoms with van der Waals surface area (Å²) in [6, 6.07) is 4.42. The minimum absolute atomic E-state index is 0.450. The van der Waals surface area contributed by atoms with Crippen LogP contribution in [0.1, 0.15) is 31.6 Å². The molecule has 1 atom stereocenters. The summed E-state index contributed by atoms with van der Waals surface area (Å²) < 4.78 is 13.1. The van der Waals surface area contributed by atoms with Crippen molar-refractivity contribution in [3.63, 3.8) is 0 Å². The fraction of sp³-hybridized carbons (Fsp3) is 0.562. The van der Waals surface area contributed by atoms with Gasteiger partial charge in [-0.3, -0.25) is 0 Å². The van der Waals surface area contributed by atoms with Gasteiger partial charge in [-0.2, -0.15) is 0 Å². The zero-order valence-electron chi connectivity index (χ0n) is 12.7. The fourth-order valence-electron chi connectivity index (χ4n) is 2.98. The van der Waals surface area contributed by atoms with Crippen molar-refractivity contribution in [2.75, 3.05) is 20.1 Å². The molecule has 0 saturated heterocycles. The number of aromatic nitrogens is 2. The van der Waals surface area contributed by atoms with Crippen molar-refractivity contribution in [2.45, 2.75) is 32.2 Å². The second-order valence-electron chi connectivity index (χ2n) is 5.61. The van der Waals surface area contributed by atoms with Gasteiger partial charge in [0.2, 0.25) is 0 Å². The molecule has 2 aromatic rings. The van der Waals surface area contributed by atoms with E-state index in [4.69, 9.17) is 26.1 Å². The molecule has 0 amide bonds. The van der Waals surface area contributed by atoms with Crippen LogP contribution in [-0.4, -0.2) is 29.7 Å². The summed E-state index contributed by atoms with van der Waals surface area (Å²) in [5.74, 6) is 3.84. The third kappa shape index (κ3) is 2.57. The van der Waals surface area contributed by atoms with Gasteiger partial charge in [0.05, 0.1) is 25.3 Å². The Bertz CT molecular complexity index is 649. The molecule has 0 N–H and O–H groups in total. The summed E-state index contributed by atoms with van der Waals surface area (Å²) in [4.78, 5) is 4.76. The van der Waals surface area contributed by atoms with Crippen molar-refractivity contribution < 1.29 is 9.47 Å². The van der Waals surface area contributed by atoms with Gasteiger partial charge in [-0.25, -0.2) is 4.98 Å². The number of hydrogen-bond acceptors (Lipinski definition) is 3. The standard InChI is InChI=1S/C16H21ClN2O2/c1-10(11-4-5-11)19-13-9-15(21-3)14(20-2)8-12(13)18-16(19)6-7-17/h8-11H,4-7H2,1-3H3. The van der Waals surface area contributed by atoms with E-state index < -0.39 is 0 Å². The number of hydrogen-bond donors (Lipinski definition) is 0. The fourth-order valence-corrected chi connectivity index (χ4v) is 3.15. The first-order valence-corrected chi connectivity index (χ1v) is 7.91. The van der Waals surface area contributed by atoms with E-state index in [0.29, 0.717) is 17.7 Å². The Balaban J connectivity index is 2.17. The molecule has 3 rings (SSSR count). The molecule has 0 aliphatic heterocycles. The van der Waals surface area contributed by atoms with Crippen molar-refractivity contribution in [3.8, 4) is 11.5 Å². The SMILES string of the molecule is COc1cc2nc(CCCl)n(C(C)C3CC3)c2cc1OC. The highest BCUT2D eigenvalue weighted by Gasteiger charge is 2.31. The molecular formula is C16H21ClN2O2. The van der Waals surface area contributed by atoms with Gasteiger partial charge >= 0.3 is 0 Å². The number of rotatable bonds is 6. The number of ether oxygens (including phenoxy) is 2. The third-order valence-corrected chi connectivity index (χ3v) is 4.49. The summed E-state index contributed by atoms with van der Waals surface area (Å²) >= 11 is 5.95. The first-order valence-electron chi connectivity index (χ1n) is 7.38. The Labute approximate surface area is 130 Å². The molecule has 1 aromatic carbocycles. The lowest BCUT2D eigenvalue weighted by Gasteiger charge is -2.17. The van der Waals surface area contributed by atoms with Crippen molar-refractivity contribution in [1.29, 1.82) is 0 Å². The number of fused-ring (bicyclic) bond motifs is 1. The average Bonchev–Trinajstić information content (AvgIpc) is 3.28. The molecule has 1 saturated carbocycles. The quantitative estimate of drug-likeness (QED) is 0.761. The number of nitrogens with zero attached hydrogens (tertiary/aromatic N) is 2. The molecule has 0 spiro atoms. The molecule has 1 aliphatic carbocycles. The maximum Gasteiger partial charge on any atom is 0.163 e. The normalized spacial score (nSPS) is 16.2. The smallest absolute Gasteiger partial charge is 0.163 e. The van der Waals surface area contributed by atoms with Crippen LogP contribution in [0.5, 0.6) is 11.5 Å². The van der Waals surface area contributed by atoms with Gasteiger partial charge < -0.3 is 14.0 Å². The molecule has 114 valence electrons. The summed E-state index contributed by atoms with van der Waals surface area (Å²) in [5.41, 5.74) is 2.05. The van der Waals surface area contributed by atoms with Crippen molar-refractivity contribution in [1.82, 2.24) is 9.55 Å². The lowest BCUT2D eigenvalue weighted by molar-refractivity contribution is 0.355. The maximum absolute atomic E-state index is 5.95. The summed E-state index contributed by atoms with van der Waals surface area (Å²) in [6.45, 7) is 2.27. The first kappa shape index (κ1) is 14.5.